The van der Waals surface area contributed by atoms with Gasteiger partial charge in [0.2, 0.25) is 0 Å². The SMILES string of the molecule is C1CCOC1.CCOC(=O)c1cnc(Br)s1.O=C(O)c1cnc(Br)s1.[Na+].[OH-]. The summed E-state index contributed by atoms with van der Waals surface area (Å²) in [5, 5.41) is 8.35. The average molecular weight is 556 g/mol. The van der Waals surface area contributed by atoms with Crippen LogP contribution in [-0.2, 0) is 9.47 Å². The predicted molar refractivity (Wildman–Crippen MR) is 105 cm³/mol. The molecule has 0 aliphatic carbocycles. The van der Waals surface area contributed by atoms with Crippen LogP contribution in [0.4, 0.5) is 0 Å². The summed E-state index contributed by atoms with van der Waals surface area (Å²) in [5.74, 6) is -1.24. The standard InChI is InChI=1S/C6H6BrNO2S.C4H2BrNO2S.C4H8O.Na.H2O/c1-2-10-5(9)4-3-8-6(7)11-4;5-4-6-1-2(9-4)3(7)8;1-2-4-5-3-1;;/h3H,2H2,1H3;1H,(H,7,8);1-4H2;;1H2/q;;;+1;/p-1. The maximum absolute atomic E-state index is 11.0. The fourth-order valence-corrected chi connectivity index (χ4v) is 3.68. The number of carboxylic acid groups (broad SMARTS) is 1. The minimum absolute atomic E-state index is 0. The number of carbonyl (C=O) groups is 2. The zero-order valence-electron chi connectivity index (χ0n) is 14.7. The molecule has 0 bridgehead atoms. The molecule has 0 amide bonds. The normalized spacial score (nSPS) is 11.5. The molecule has 0 saturated carbocycles. The molecule has 0 atom stereocenters. The predicted octanol–water partition coefficient (Wildman–Crippen LogP) is 1.31. The number of rotatable bonds is 3. The molecule has 2 aromatic rings. The van der Waals surface area contributed by atoms with Crippen molar-refractivity contribution in [3.05, 3.63) is 30.0 Å². The van der Waals surface area contributed by atoms with Crippen molar-refractivity contribution in [1.29, 1.82) is 0 Å². The summed E-state index contributed by atoms with van der Waals surface area (Å²) in [5.41, 5.74) is 0. The number of hydrogen-bond donors (Lipinski definition) is 1. The molecule has 1 aliphatic heterocycles. The number of carboxylic acids is 1. The molecular formula is C14H17Br2N2NaO6S2. The van der Waals surface area contributed by atoms with E-state index in [0.29, 0.717) is 19.3 Å². The van der Waals surface area contributed by atoms with Gasteiger partial charge in [-0.1, -0.05) is 0 Å². The van der Waals surface area contributed by atoms with Gasteiger partial charge in [0.05, 0.1) is 19.0 Å². The van der Waals surface area contributed by atoms with E-state index in [9.17, 15) is 9.59 Å². The number of esters is 1. The number of hydrogen-bond acceptors (Lipinski definition) is 9. The second kappa shape index (κ2) is 17.0. The van der Waals surface area contributed by atoms with Gasteiger partial charge in [0.1, 0.15) is 9.75 Å². The zero-order valence-corrected chi connectivity index (χ0v) is 21.5. The van der Waals surface area contributed by atoms with Gasteiger partial charge >= 0.3 is 41.5 Å². The van der Waals surface area contributed by atoms with Crippen molar-refractivity contribution in [2.45, 2.75) is 19.8 Å². The second-order valence-corrected chi connectivity index (χ2v) is 8.91. The fraction of sp³-hybridized carbons (Fsp3) is 0.429. The monoisotopic (exact) mass is 554 g/mol. The van der Waals surface area contributed by atoms with Crippen molar-refractivity contribution in [3.8, 4) is 0 Å². The van der Waals surface area contributed by atoms with Crippen molar-refractivity contribution < 1.29 is 59.2 Å². The number of aromatic nitrogens is 2. The summed E-state index contributed by atoms with van der Waals surface area (Å²) in [4.78, 5) is 29.5. The third kappa shape index (κ3) is 13.0. The molecule has 2 aromatic heterocycles. The van der Waals surface area contributed by atoms with Crippen LogP contribution in [0.3, 0.4) is 0 Å². The van der Waals surface area contributed by atoms with Gasteiger partial charge < -0.3 is 20.1 Å². The maximum atomic E-state index is 11.0. The molecule has 1 aliphatic rings. The molecule has 3 rings (SSSR count). The molecule has 1 saturated heterocycles. The molecule has 8 nitrogen and oxygen atoms in total. The van der Waals surface area contributed by atoms with Crippen LogP contribution >= 0.6 is 54.5 Å². The first-order valence-electron chi connectivity index (χ1n) is 7.14. The molecular weight excluding hydrogens is 539 g/mol. The van der Waals surface area contributed by atoms with Gasteiger partial charge in [0.25, 0.3) is 0 Å². The Kier molecular flexibility index (Phi) is 18.4. The Bertz CT molecular complexity index is 675. The van der Waals surface area contributed by atoms with E-state index >= 15 is 0 Å². The van der Waals surface area contributed by atoms with E-state index in [0.717, 1.165) is 24.6 Å². The Hall–Kier alpha value is 0.0800. The quantitative estimate of drug-likeness (QED) is 0.443. The molecule has 0 unspecified atom stereocenters. The Labute approximate surface area is 203 Å². The van der Waals surface area contributed by atoms with Crippen molar-refractivity contribution in [1.82, 2.24) is 9.97 Å². The number of carbonyl (C=O) groups excluding carboxylic acids is 1. The van der Waals surface area contributed by atoms with E-state index in [2.05, 4.69) is 41.8 Å². The van der Waals surface area contributed by atoms with E-state index in [1.165, 1.54) is 36.6 Å². The summed E-state index contributed by atoms with van der Waals surface area (Å²) >= 11 is 8.56. The third-order valence-electron chi connectivity index (χ3n) is 2.47. The smallest absolute Gasteiger partial charge is 0.870 e. The van der Waals surface area contributed by atoms with E-state index in [-0.39, 0.29) is 45.9 Å². The summed E-state index contributed by atoms with van der Waals surface area (Å²) in [6.07, 6.45) is 5.36. The minimum atomic E-state index is -0.932. The van der Waals surface area contributed by atoms with Crippen LogP contribution in [0.2, 0.25) is 0 Å². The Balaban J connectivity index is 0. The van der Waals surface area contributed by atoms with Crippen LogP contribution in [0.15, 0.2) is 20.2 Å². The number of halogens is 2. The molecule has 3 heterocycles. The molecule has 0 radical (unpaired) electrons. The van der Waals surface area contributed by atoms with Crippen molar-refractivity contribution >= 4 is 66.5 Å². The third-order valence-corrected chi connectivity index (χ3v) is 5.39. The number of thiazole rings is 2. The van der Waals surface area contributed by atoms with Crippen LogP contribution in [0.1, 0.15) is 39.1 Å². The number of ether oxygens (including phenoxy) is 2. The van der Waals surface area contributed by atoms with Crippen molar-refractivity contribution in [2.75, 3.05) is 19.8 Å². The van der Waals surface area contributed by atoms with Crippen molar-refractivity contribution in [2.24, 2.45) is 0 Å². The Morgan fingerprint density at radius 3 is 1.89 bits per heavy atom. The first kappa shape index (κ1) is 29.3. The van der Waals surface area contributed by atoms with Gasteiger partial charge in [0, 0.05) is 13.2 Å². The molecule has 13 heteroatoms. The minimum Gasteiger partial charge on any atom is -0.870 e. The first-order valence-corrected chi connectivity index (χ1v) is 10.4. The van der Waals surface area contributed by atoms with E-state index in [4.69, 9.17) is 14.6 Å². The van der Waals surface area contributed by atoms with Crippen LogP contribution in [0.5, 0.6) is 0 Å². The topological polar surface area (TPSA) is 129 Å². The molecule has 0 aromatic carbocycles. The van der Waals surface area contributed by atoms with Gasteiger partial charge in [-0.05, 0) is 51.6 Å². The molecule has 1 fully saturated rings. The maximum Gasteiger partial charge on any atom is 1.00 e. The molecule has 2 N–H and O–H groups in total. The largest absolute Gasteiger partial charge is 1.00 e. The van der Waals surface area contributed by atoms with E-state index < -0.39 is 5.97 Å². The van der Waals surface area contributed by atoms with Gasteiger partial charge in [-0.15, -0.1) is 22.7 Å². The average Bonchev–Trinajstić information content (AvgIpc) is 3.30. The van der Waals surface area contributed by atoms with Crippen LogP contribution in [-0.4, -0.2) is 52.3 Å². The van der Waals surface area contributed by atoms with Gasteiger partial charge in [-0.2, -0.15) is 0 Å². The summed E-state index contributed by atoms with van der Waals surface area (Å²) in [7, 11) is 0. The number of nitrogens with zero attached hydrogens (tertiary/aromatic N) is 2. The summed E-state index contributed by atoms with van der Waals surface area (Å²) < 4.78 is 11.0. The van der Waals surface area contributed by atoms with E-state index in [1.54, 1.807) is 6.92 Å². The van der Waals surface area contributed by atoms with Crippen LogP contribution in [0, 0.1) is 0 Å². The molecule has 146 valence electrons. The van der Waals surface area contributed by atoms with Gasteiger partial charge in [-0.3, -0.25) is 0 Å². The summed E-state index contributed by atoms with van der Waals surface area (Å²) in [6.45, 7) is 4.17. The van der Waals surface area contributed by atoms with Gasteiger partial charge in [0.15, 0.2) is 7.83 Å². The van der Waals surface area contributed by atoms with Gasteiger partial charge in [-0.25, -0.2) is 19.6 Å². The second-order valence-electron chi connectivity index (χ2n) is 4.30. The van der Waals surface area contributed by atoms with E-state index in [1.807, 2.05) is 0 Å². The number of aromatic carboxylic acids is 1. The fourth-order valence-electron chi connectivity index (χ4n) is 1.41. The Morgan fingerprint density at radius 2 is 1.63 bits per heavy atom. The van der Waals surface area contributed by atoms with Crippen LogP contribution < -0.4 is 29.6 Å². The zero-order chi connectivity index (χ0) is 18.7. The first-order chi connectivity index (χ1) is 11.9. The van der Waals surface area contributed by atoms with Crippen LogP contribution in [0.25, 0.3) is 0 Å². The molecule has 0 spiro atoms. The van der Waals surface area contributed by atoms with Crippen molar-refractivity contribution in [3.63, 3.8) is 0 Å². The molecule has 27 heavy (non-hydrogen) atoms. The summed E-state index contributed by atoms with van der Waals surface area (Å²) in [6, 6.07) is 0. The Morgan fingerprint density at radius 1 is 1.15 bits per heavy atom.